The number of amides is 1. The van der Waals surface area contributed by atoms with Crippen LogP contribution in [0.2, 0.25) is 0 Å². The molecule has 1 rings (SSSR count). The van der Waals surface area contributed by atoms with Gasteiger partial charge >= 0.3 is 0 Å². The van der Waals surface area contributed by atoms with E-state index in [1.54, 1.807) is 0 Å². The smallest absolute Gasteiger partial charge is 0.222 e. The summed E-state index contributed by atoms with van der Waals surface area (Å²) in [5, 5.41) is 0. The first-order chi connectivity index (χ1) is 8.37. The highest BCUT2D eigenvalue weighted by Crippen LogP contribution is 2.36. The number of nitrogens with zero attached hydrogens (tertiary/aromatic N) is 2. The van der Waals surface area contributed by atoms with E-state index >= 15 is 0 Å². The molecule has 1 aliphatic rings. The Hall–Kier alpha value is -0.610. The molecule has 0 radical (unpaired) electrons. The molecule has 0 saturated heterocycles. The average molecular weight is 255 g/mol. The van der Waals surface area contributed by atoms with Crippen molar-refractivity contribution < 1.29 is 4.79 Å². The van der Waals surface area contributed by atoms with Crippen molar-refractivity contribution in [3.05, 3.63) is 0 Å². The summed E-state index contributed by atoms with van der Waals surface area (Å²) in [7, 11) is 6.17. The van der Waals surface area contributed by atoms with Crippen LogP contribution in [0.1, 0.15) is 45.4 Å². The number of carbonyl (C=O) groups is 1. The molecule has 1 unspecified atom stereocenters. The highest BCUT2D eigenvalue weighted by Gasteiger charge is 2.40. The van der Waals surface area contributed by atoms with Crippen molar-refractivity contribution in [2.45, 2.75) is 57.0 Å². The van der Waals surface area contributed by atoms with Gasteiger partial charge in [0.05, 0.1) is 0 Å². The first-order valence-corrected chi connectivity index (χ1v) is 7.04. The van der Waals surface area contributed by atoms with E-state index in [4.69, 9.17) is 5.73 Å². The van der Waals surface area contributed by atoms with E-state index in [-0.39, 0.29) is 17.5 Å². The molecule has 0 bridgehead atoms. The molecule has 0 aromatic rings. The predicted molar refractivity (Wildman–Crippen MR) is 75.4 cm³/mol. The maximum Gasteiger partial charge on any atom is 0.222 e. The van der Waals surface area contributed by atoms with Gasteiger partial charge in [-0.15, -0.1) is 0 Å². The maximum atomic E-state index is 12.0. The number of rotatable bonds is 7. The number of likely N-dealkylation sites (N-methyl/N-ethyl adjacent to an activating group) is 2. The molecular weight excluding hydrogens is 226 g/mol. The molecule has 18 heavy (non-hydrogen) atoms. The van der Waals surface area contributed by atoms with Gasteiger partial charge in [0.2, 0.25) is 5.91 Å². The maximum absolute atomic E-state index is 12.0. The molecule has 0 aromatic carbocycles. The SMILES string of the molecule is CC(N)CCCC(=O)N(C)CC1(N(C)C)CCC1. The molecule has 1 atom stereocenters. The molecule has 0 heterocycles. The van der Waals surface area contributed by atoms with Gasteiger partial charge in [-0.2, -0.15) is 0 Å². The van der Waals surface area contributed by atoms with Gasteiger partial charge < -0.3 is 15.5 Å². The normalized spacial score (nSPS) is 19.4. The van der Waals surface area contributed by atoms with Crippen LogP contribution in [0.4, 0.5) is 0 Å². The monoisotopic (exact) mass is 255 g/mol. The average Bonchev–Trinajstić information content (AvgIpc) is 2.21. The topological polar surface area (TPSA) is 49.6 Å². The van der Waals surface area contributed by atoms with Crippen molar-refractivity contribution >= 4 is 5.91 Å². The van der Waals surface area contributed by atoms with Crippen LogP contribution in [-0.4, -0.2) is 55.0 Å². The van der Waals surface area contributed by atoms with Crippen LogP contribution in [0.3, 0.4) is 0 Å². The lowest BCUT2D eigenvalue weighted by atomic mass is 9.75. The Kier molecular flexibility index (Phi) is 5.60. The lowest BCUT2D eigenvalue weighted by Crippen LogP contribution is -2.57. The standard InChI is InChI=1S/C14H29N3O/c1-12(15)7-5-8-13(18)17(4)11-14(16(2)3)9-6-10-14/h12H,5-11,15H2,1-4H3. The highest BCUT2D eigenvalue weighted by atomic mass is 16.2. The van der Waals surface area contributed by atoms with Gasteiger partial charge in [0.1, 0.15) is 0 Å². The van der Waals surface area contributed by atoms with E-state index in [0.717, 1.165) is 19.4 Å². The lowest BCUT2D eigenvalue weighted by Gasteiger charge is -2.49. The largest absolute Gasteiger partial charge is 0.344 e. The molecule has 106 valence electrons. The van der Waals surface area contributed by atoms with Gasteiger partial charge in [-0.05, 0) is 53.1 Å². The molecule has 1 fully saturated rings. The van der Waals surface area contributed by atoms with Crippen molar-refractivity contribution in [2.24, 2.45) is 5.73 Å². The van der Waals surface area contributed by atoms with Gasteiger partial charge in [0.15, 0.2) is 0 Å². The van der Waals surface area contributed by atoms with E-state index in [2.05, 4.69) is 19.0 Å². The van der Waals surface area contributed by atoms with Crippen LogP contribution in [0.5, 0.6) is 0 Å². The Morgan fingerprint density at radius 3 is 2.33 bits per heavy atom. The minimum atomic E-state index is 0.197. The summed E-state index contributed by atoms with van der Waals surface area (Å²) in [6.07, 6.45) is 6.15. The third kappa shape index (κ3) is 3.95. The van der Waals surface area contributed by atoms with Crippen LogP contribution >= 0.6 is 0 Å². The van der Waals surface area contributed by atoms with Crippen molar-refractivity contribution in [2.75, 3.05) is 27.7 Å². The van der Waals surface area contributed by atoms with E-state index < -0.39 is 0 Å². The first kappa shape index (κ1) is 15.4. The summed E-state index contributed by atoms with van der Waals surface area (Å²) in [5.41, 5.74) is 5.92. The molecule has 0 aliphatic heterocycles. The minimum absolute atomic E-state index is 0.197. The summed E-state index contributed by atoms with van der Waals surface area (Å²) in [6, 6.07) is 0.197. The van der Waals surface area contributed by atoms with Crippen LogP contribution in [-0.2, 0) is 4.79 Å². The fraction of sp³-hybridized carbons (Fsp3) is 0.929. The first-order valence-electron chi connectivity index (χ1n) is 7.04. The lowest BCUT2D eigenvalue weighted by molar-refractivity contribution is -0.132. The van der Waals surface area contributed by atoms with Gasteiger partial charge in [0, 0.05) is 31.6 Å². The van der Waals surface area contributed by atoms with Crippen LogP contribution in [0.15, 0.2) is 0 Å². The molecule has 0 aromatic heterocycles. The minimum Gasteiger partial charge on any atom is -0.344 e. The second-order valence-corrected chi connectivity index (χ2v) is 6.09. The second-order valence-electron chi connectivity index (χ2n) is 6.09. The van der Waals surface area contributed by atoms with Gasteiger partial charge in [-0.25, -0.2) is 0 Å². The van der Waals surface area contributed by atoms with E-state index in [9.17, 15) is 4.79 Å². The van der Waals surface area contributed by atoms with Crippen molar-refractivity contribution in [1.82, 2.24) is 9.80 Å². The Balaban J connectivity index is 2.35. The zero-order valence-electron chi connectivity index (χ0n) is 12.4. The molecule has 1 aliphatic carbocycles. The second kappa shape index (κ2) is 6.53. The van der Waals surface area contributed by atoms with Crippen LogP contribution in [0, 0.1) is 0 Å². The molecule has 2 N–H and O–H groups in total. The predicted octanol–water partition coefficient (Wildman–Crippen LogP) is 1.45. The fourth-order valence-corrected chi connectivity index (χ4v) is 2.63. The summed E-state index contributed by atoms with van der Waals surface area (Å²) in [6.45, 7) is 2.85. The Morgan fingerprint density at radius 1 is 1.33 bits per heavy atom. The van der Waals surface area contributed by atoms with Crippen LogP contribution < -0.4 is 5.73 Å². The number of hydrogen-bond donors (Lipinski definition) is 1. The van der Waals surface area contributed by atoms with Gasteiger partial charge in [0.25, 0.3) is 0 Å². The summed E-state index contributed by atoms with van der Waals surface area (Å²) >= 11 is 0. The molecule has 4 nitrogen and oxygen atoms in total. The van der Waals surface area contributed by atoms with E-state index in [1.165, 1.54) is 19.3 Å². The molecule has 4 heteroatoms. The fourth-order valence-electron chi connectivity index (χ4n) is 2.63. The Labute approximate surface area is 111 Å². The molecule has 1 saturated carbocycles. The van der Waals surface area contributed by atoms with E-state index in [1.807, 2.05) is 18.9 Å². The molecule has 1 amide bonds. The molecule has 0 spiro atoms. The quantitative estimate of drug-likeness (QED) is 0.749. The van der Waals surface area contributed by atoms with Crippen molar-refractivity contribution in [1.29, 1.82) is 0 Å². The van der Waals surface area contributed by atoms with Gasteiger partial charge in [-0.1, -0.05) is 0 Å². The third-order valence-electron chi connectivity index (χ3n) is 4.24. The summed E-state index contributed by atoms with van der Waals surface area (Å²) < 4.78 is 0. The zero-order chi connectivity index (χ0) is 13.8. The summed E-state index contributed by atoms with van der Waals surface area (Å²) in [4.78, 5) is 16.2. The van der Waals surface area contributed by atoms with E-state index in [0.29, 0.717) is 6.42 Å². The Morgan fingerprint density at radius 2 is 1.94 bits per heavy atom. The zero-order valence-corrected chi connectivity index (χ0v) is 12.4. The van der Waals surface area contributed by atoms with Crippen molar-refractivity contribution in [3.8, 4) is 0 Å². The highest BCUT2D eigenvalue weighted by molar-refractivity contribution is 5.75. The Bertz CT molecular complexity index is 272. The van der Waals surface area contributed by atoms with Crippen molar-refractivity contribution in [3.63, 3.8) is 0 Å². The van der Waals surface area contributed by atoms with Crippen LogP contribution in [0.25, 0.3) is 0 Å². The molecular formula is C14H29N3O. The third-order valence-corrected chi connectivity index (χ3v) is 4.24. The summed E-state index contributed by atoms with van der Waals surface area (Å²) in [5.74, 6) is 0.253. The van der Waals surface area contributed by atoms with Gasteiger partial charge in [-0.3, -0.25) is 4.79 Å². The number of carbonyl (C=O) groups excluding carboxylic acids is 1. The number of hydrogen-bond acceptors (Lipinski definition) is 3. The number of nitrogens with two attached hydrogens (primary N) is 1.